The summed E-state index contributed by atoms with van der Waals surface area (Å²) in [5.74, 6) is 1.35. The molecule has 0 saturated carbocycles. The maximum Gasteiger partial charge on any atom is 0.327 e. The number of methoxy groups -OCH3 is 1. The molecule has 0 fully saturated rings. The number of carboxylic acid groups (broad SMARTS) is 1. The SMILES string of the molecule is C#CCC(NC(=O)COc1ccc(C)cc1OC)C(=O)O. The predicted octanol–water partition coefficient (Wildman–Crippen LogP) is 0.975. The minimum absolute atomic E-state index is 0.0884. The van der Waals surface area contributed by atoms with Crippen LogP contribution in [0, 0.1) is 19.3 Å². The topological polar surface area (TPSA) is 84.9 Å². The van der Waals surface area contributed by atoms with Gasteiger partial charge in [-0.15, -0.1) is 12.3 Å². The molecule has 0 aromatic heterocycles. The summed E-state index contributed by atoms with van der Waals surface area (Å²) in [5.41, 5.74) is 0.989. The van der Waals surface area contributed by atoms with E-state index in [4.69, 9.17) is 21.0 Å². The Morgan fingerprint density at radius 3 is 2.71 bits per heavy atom. The molecule has 0 spiro atoms. The quantitative estimate of drug-likeness (QED) is 0.731. The van der Waals surface area contributed by atoms with Crippen LogP contribution >= 0.6 is 0 Å². The molecule has 1 unspecified atom stereocenters. The van der Waals surface area contributed by atoms with Crippen molar-refractivity contribution in [2.75, 3.05) is 13.7 Å². The lowest BCUT2D eigenvalue weighted by Crippen LogP contribution is -2.42. The summed E-state index contributed by atoms with van der Waals surface area (Å²) in [4.78, 5) is 22.5. The van der Waals surface area contributed by atoms with Gasteiger partial charge in [-0.05, 0) is 24.6 Å². The van der Waals surface area contributed by atoms with Gasteiger partial charge in [-0.2, -0.15) is 0 Å². The molecule has 1 amide bonds. The fourth-order valence-electron chi connectivity index (χ4n) is 1.59. The van der Waals surface area contributed by atoms with Crippen LogP contribution in [0.1, 0.15) is 12.0 Å². The molecule has 2 N–H and O–H groups in total. The molecule has 21 heavy (non-hydrogen) atoms. The van der Waals surface area contributed by atoms with Gasteiger partial charge in [0.25, 0.3) is 5.91 Å². The third-order valence-corrected chi connectivity index (χ3v) is 2.63. The van der Waals surface area contributed by atoms with Crippen molar-refractivity contribution >= 4 is 11.9 Å². The van der Waals surface area contributed by atoms with Gasteiger partial charge in [0.2, 0.25) is 0 Å². The highest BCUT2D eigenvalue weighted by atomic mass is 16.5. The van der Waals surface area contributed by atoms with Gasteiger partial charge in [0.15, 0.2) is 18.1 Å². The summed E-state index contributed by atoms with van der Waals surface area (Å²) in [6.07, 6.45) is 4.96. The molecule has 0 heterocycles. The molecule has 6 heteroatoms. The minimum Gasteiger partial charge on any atom is -0.493 e. The first kappa shape index (κ1) is 16.4. The monoisotopic (exact) mass is 291 g/mol. The molecule has 0 radical (unpaired) electrons. The molecule has 1 aromatic carbocycles. The summed E-state index contributed by atoms with van der Waals surface area (Å²) in [7, 11) is 1.50. The minimum atomic E-state index is -1.19. The van der Waals surface area contributed by atoms with Gasteiger partial charge >= 0.3 is 5.97 Å². The van der Waals surface area contributed by atoms with Gasteiger partial charge in [-0.1, -0.05) is 6.07 Å². The first-order valence-corrected chi connectivity index (χ1v) is 6.21. The van der Waals surface area contributed by atoms with Crippen molar-refractivity contribution < 1.29 is 24.2 Å². The molecule has 1 rings (SSSR count). The molecular weight excluding hydrogens is 274 g/mol. The summed E-state index contributed by atoms with van der Waals surface area (Å²) in [6.45, 7) is 1.57. The number of carbonyl (C=O) groups is 2. The van der Waals surface area contributed by atoms with Crippen LogP contribution in [0.15, 0.2) is 18.2 Å². The average Bonchev–Trinajstić information content (AvgIpc) is 2.45. The van der Waals surface area contributed by atoms with E-state index in [2.05, 4.69) is 11.2 Å². The average molecular weight is 291 g/mol. The number of hydrogen-bond donors (Lipinski definition) is 2. The van der Waals surface area contributed by atoms with Crippen molar-refractivity contribution in [3.05, 3.63) is 23.8 Å². The van der Waals surface area contributed by atoms with Crippen LogP contribution in [0.2, 0.25) is 0 Å². The van der Waals surface area contributed by atoms with E-state index in [1.807, 2.05) is 13.0 Å². The van der Waals surface area contributed by atoms with E-state index in [1.54, 1.807) is 12.1 Å². The fourth-order valence-corrected chi connectivity index (χ4v) is 1.59. The van der Waals surface area contributed by atoms with Crippen molar-refractivity contribution in [3.63, 3.8) is 0 Å². The van der Waals surface area contributed by atoms with E-state index < -0.39 is 17.9 Å². The lowest BCUT2D eigenvalue weighted by molar-refractivity contribution is -0.141. The third-order valence-electron chi connectivity index (χ3n) is 2.63. The molecular formula is C15H17NO5. The third kappa shape index (κ3) is 5.07. The maximum absolute atomic E-state index is 11.7. The van der Waals surface area contributed by atoms with Crippen LogP contribution < -0.4 is 14.8 Å². The Kier molecular flexibility index (Phi) is 6.08. The smallest absolute Gasteiger partial charge is 0.327 e. The predicted molar refractivity (Wildman–Crippen MR) is 76.2 cm³/mol. The number of carbonyl (C=O) groups excluding carboxylic acids is 1. The summed E-state index contributed by atoms with van der Waals surface area (Å²) in [5, 5.41) is 11.2. The number of carboxylic acids is 1. The van der Waals surface area contributed by atoms with E-state index in [1.165, 1.54) is 7.11 Å². The van der Waals surface area contributed by atoms with Crippen molar-refractivity contribution in [2.24, 2.45) is 0 Å². The molecule has 0 aliphatic rings. The van der Waals surface area contributed by atoms with Crippen molar-refractivity contribution in [2.45, 2.75) is 19.4 Å². The van der Waals surface area contributed by atoms with Crippen molar-refractivity contribution in [1.82, 2.24) is 5.32 Å². The van der Waals surface area contributed by atoms with E-state index in [9.17, 15) is 9.59 Å². The molecule has 0 saturated heterocycles. The Hall–Kier alpha value is -2.68. The second kappa shape index (κ2) is 7.80. The summed E-state index contributed by atoms with van der Waals surface area (Å²) >= 11 is 0. The molecule has 0 aliphatic heterocycles. The van der Waals surface area contributed by atoms with Crippen LogP contribution in [0.25, 0.3) is 0 Å². The standard InChI is InChI=1S/C15H17NO5/c1-4-5-11(15(18)19)16-14(17)9-21-12-7-6-10(2)8-13(12)20-3/h1,6-8,11H,5,9H2,2-3H3,(H,16,17)(H,18,19). The fraction of sp³-hybridized carbons (Fsp3) is 0.333. The number of nitrogens with one attached hydrogen (secondary N) is 1. The van der Waals surface area contributed by atoms with Crippen molar-refractivity contribution in [1.29, 1.82) is 0 Å². The maximum atomic E-state index is 11.7. The number of aliphatic carboxylic acids is 1. The molecule has 112 valence electrons. The van der Waals surface area contributed by atoms with Gasteiger partial charge in [0.1, 0.15) is 6.04 Å². The van der Waals surface area contributed by atoms with Crippen LogP contribution in [-0.2, 0) is 9.59 Å². The Labute approximate surface area is 123 Å². The number of benzene rings is 1. The largest absolute Gasteiger partial charge is 0.493 e. The first-order valence-electron chi connectivity index (χ1n) is 6.21. The summed E-state index contributed by atoms with van der Waals surface area (Å²) in [6, 6.07) is 4.14. The van der Waals surface area contributed by atoms with Gasteiger partial charge in [0.05, 0.1) is 7.11 Å². The number of ether oxygens (including phenoxy) is 2. The zero-order valence-electron chi connectivity index (χ0n) is 11.9. The zero-order valence-corrected chi connectivity index (χ0v) is 11.9. The van der Waals surface area contributed by atoms with Crippen LogP contribution in [0.4, 0.5) is 0 Å². The number of rotatable bonds is 7. The van der Waals surface area contributed by atoms with E-state index in [0.29, 0.717) is 11.5 Å². The second-order valence-corrected chi connectivity index (χ2v) is 4.31. The van der Waals surface area contributed by atoms with E-state index >= 15 is 0 Å². The normalized spacial score (nSPS) is 11.1. The summed E-state index contributed by atoms with van der Waals surface area (Å²) < 4.78 is 10.5. The highest BCUT2D eigenvalue weighted by Gasteiger charge is 2.19. The lowest BCUT2D eigenvalue weighted by atomic mass is 10.2. The van der Waals surface area contributed by atoms with E-state index in [0.717, 1.165) is 5.56 Å². The molecule has 0 aliphatic carbocycles. The molecule has 1 aromatic rings. The number of aryl methyl sites for hydroxylation is 1. The number of terminal acetylenes is 1. The highest BCUT2D eigenvalue weighted by Crippen LogP contribution is 2.27. The van der Waals surface area contributed by atoms with Crippen LogP contribution in [0.5, 0.6) is 11.5 Å². The Morgan fingerprint density at radius 2 is 2.14 bits per heavy atom. The van der Waals surface area contributed by atoms with Crippen molar-refractivity contribution in [3.8, 4) is 23.8 Å². The Balaban J connectivity index is 2.61. The molecule has 0 bridgehead atoms. The number of amides is 1. The number of hydrogen-bond acceptors (Lipinski definition) is 4. The van der Waals surface area contributed by atoms with Gasteiger partial charge in [0, 0.05) is 6.42 Å². The van der Waals surface area contributed by atoms with Gasteiger partial charge in [-0.3, -0.25) is 4.79 Å². The molecule has 6 nitrogen and oxygen atoms in total. The lowest BCUT2D eigenvalue weighted by Gasteiger charge is -2.14. The first-order chi connectivity index (χ1) is 9.97. The Morgan fingerprint density at radius 1 is 1.43 bits per heavy atom. The molecule has 1 atom stereocenters. The zero-order chi connectivity index (χ0) is 15.8. The van der Waals surface area contributed by atoms with E-state index in [-0.39, 0.29) is 13.0 Å². The van der Waals surface area contributed by atoms with Gasteiger partial charge < -0.3 is 19.9 Å². The Bertz CT molecular complexity index is 562. The second-order valence-electron chi connectivity index (χ2n) is 4.31. The van der Waals surface area contributed by atoms with Crippen LogP contribution in [-0.4, -0.2) is 36.7 Å². The van der Waals surface area contributed by atoms with Crippen LogP contribution in [0.3, 0.4) is 0 Å². The van der Waals surface area contributed by atoms with Gasteiger partial charge in [-0.25, -0.2) is 4.79 Å². The highest BCUT2D eigenvalue weighted by molar-refractivity contribution is 5.84.